The Kier molecular flexibility index (Phi) is 2.73. The summed E-state index contributed by atoms with van der Waals surface area (Å²) in [5.41, 5.74) is 2.98. The fourth-order valence-corrected chi connectivity index (χ4v) is 2.07. The molecule has 0 heterocycles. The van der Waals surface area contributed by atoms with E-state index in [1.807, 2.05) is 12.1 Å². The predicted molar refractivity (Wildman–Crippen MR) is 55.7 cm³/mol. The van der Waals surface area contributed by atoms with Crippen LogP contribution in [-0.4, -0.2) is 16.2 Å². The summed E-state index contributed by atoms with van der Waals surface area (Å²) in [6.07, 6.45) is 3.03. The number of aliphatic hydroxyl groups is 1. The molecule has 0 saturated carbocycles. The molecule has 1 aliphatic carbocycles. The van der Waals surface area contributed by atoms with E-state index in [2.05, 4.69) is 0 Å². The first-order valence-corrected chi connectivity index (χ1v) is 5.21. The monoisotopic (exact) mass is 206 g/mol. The van der Waals surface area contributed by atoms with Crippen LogP contribution in [0.5, 0.6) is 0 Å². The minimum Gasteiger partial charge on any atom is -0.479 e. The lowest BCUT2D eigenvalue weighted by atomic mass is 9.89. The second kappa shape index (κ2) is 4.03. The van der Waals surface area contributed by atoms with Crippen molar-refractivity contribution in [2.75, 3.05) is 0 Å². The molecule has 15 heavy (non-hydrogen) atoms. The second-order valence-corrected chi connectivity index (χ2v) is 3.98. The molecule has 3 heteroatoms. The van der Waals surface area contributed by atoms with Crippen LogP contribution in [0.4, 0.5) is 0 Å². The van der Waals surface area contributed by atoms with E-state index in [0.717, 1.165) is 19.3 Å². The number of rotatable bonds is 2. The average Bonchev–Trinajstić information content (AvgIpc) is 2.27. The van der Waals surface area contributed by atoms with Gasteiger partial charge in [-0.2, -0.15) is 0 Å². The summed E-state index contributed by atoms with van der Waals surface area (Å²) in [7, 11) is 0. The zero-order valence-electron chi connectivity index (χ0n) is 8.44. The molecule has 80 valence electrons. The Morgan fingerprint density at radius 2 is 1.87 bits per heavy atom. The highest BCUT2D eigenvalue weighted by Crippen LogP contribution is 2.24. The molecule has 2 rings (SSSR count). The molecule has 0 fully saturated rings. The first kappa shape index (κ1) is 10.2. The molecule has 0 amide bonds. The smallest absolute Gasteiger partial charge is 0.337 e. The van der Waals surface area contributed by atoms with Crippen LogP contribution in [0.25, 0.3) is 0 Å². The Balaban J connectivity index is 2.31. The number of hydrogen-bond donors (Lipinski definition) is 2. The highest BCUT2D eigenvalue weighted by Gasteiger charge is 2.18. The lowest BCUT2D eigenvalue weighted by Gasteiger charge is -2.17. The molecule has 1 aliphatic rings. The van der Waals surface area contributed by atoms with E-state index in [0.29, 0.717) is 5.56 Å². The third-order valence-corrected chi connectivity index (χ3v) is 2.92. The maximum Gasteiger partial charge on any atom is 0.337 e. The molecule has 0 bridgehead atoms. The third-order valence-electron chi connectivity index (χ3n) is 2.92. The van der Waals surface area contributed by atoms with Crippen LogP contribution >= 0.6 is 0 Å². The molecule has 0 radical (unpaired) electrons. The van der Waals surface area contributed by atoms with Crippen molar-refractivity contribution in [2.24, 2.45) is 0 Å². The van der Waals surface area contributed by atoms with Crippen LogP contribution in [-0.2, 0) is 17.6 Å². The van der Waals surface area contributed by atoms with Gasteiger partial charge < -0.3 is 10.2 Å². The quantitative estimate of drug-likeness (QED) is 0.774. The van der Waals surface area contributed by atoms with Crippen molar-refractivity contribution in [1.82, 2.24) is 0 Å². The van der Waals surface area contributed by atoms with Crippen LogP contribution < -0.4 is 0 Å². The van der Waals surface area contributed by atoms with Gasteiger partial charge in [-0.1, -0.05) is 18.2 Å². The van der Waals surface area contributed by atoms with E-state index in [9.17, 15) is 9.90 Å². The number of aliphatic carboxylic acids is 1. The summed E-state index contributed by atoms with van der Waals surface area (Å²) in [5, 5.41) is 18.1. The summed E-state index contributed by atoms with van der Waals surface area (Å²) < 4.78 is 0. The Hall–Kier alpha value is -1.35. The van der Waals surface area contributed by atoms with Crippen molar-refractivity contribution in [3.8, 4) is 0 Å². The van der Waals surface area contributed by atoms with Gasteiger partial charge in [0.2, 0.25) is 0 Å². The Bertz CT molecular complexity index is 384. The van der Waals surface area contributed by atoms with Crippen molar-refractivity contribution in [2.45, 2.75) is 31.8 Å². The zero-order chi connectivity index (χ0) is 10.8. The molecule has 0 aliphatic heterocycles. The number of carboxylic acids is 1. The van der Waals surface area contributed by atoms with E-state index in [-0.39, 0.29) is 0 Å². The van der Waals surface area contributed by atoms with Gasteiger partial charge in [0.15, 0.2) is 6.10 Å². The van der Waals surface area contributed by atoms with Crippen molar-refractivity contribution in [3.63, 3.8) is 0 Å². The number of carboxylic acid groups (broad SMARTS) is 1. The SMILES string of the molecule is O=C(O)[C@@H](O)c1ccc2c(c1)CCCC2. The fourth-order valence-electron chi connectivity index (χ4n) is 2.07. The van der Waals surface area contributed by atoms with Crippen LogP contribution in [0.1, 0.15) is 35.6 Å². The lowest BCUT2D eigenvalue weighted by Crippen LogP contribution is -2.12. The van der Waals surface area contributed by atoms with Crippen molar-refractivity contribution >= 4 is 5.97 Å². The zero-order valence-corrected chi connectivity index (χ0v) is 8.44. The van der Waals surface area contributed by atoms with E-state index in [4.69, 9.17) is 5.11 Å². The number of aliphatic hydroxyl groups excluding tert-OH is 1. The van der Waals surface area contributed by atoms with Gasteiger partial charge in [0.1, 0.15) is 0 Å². The highest BCUT2D eigenvalue weighted by molar-refractivity contribution is 5.74. The maximum atomic E-state index is 10.6. The molecule has 2 N–H and O–H groups in total. The van der Waals surface area contributed by atoms with E-state index < -0.39 is 12.1 Å². The maximum absolute atomic E-state index is 10.6. The summed E-state index contributed by atoms with van der Waals surface area (Å²) in [5.74, 6) is -1.19. The standard InChI is InChI=1S/C12H14O3/c13-11(12(14)15)10-6-5-8-3-1-2-4-9(8)7-10/h5-7,11,13H,1-4H2,(H,14,15)/t11-/m0/s1. The third kappa shape index (κ3) is 2.02. The number of aryl methyl sites for hydroxylation is 2. The topological polar surface area (TPSA) is 57.5 Å². The molecule has 3 nitrogen and oxygen atoms in total. The molecule has 0 saturated heterocycles. The Morgan fingerprint density at radius 3 is 2.53 bits per heavy atom. The van der Waals surface area contributed by atoms with Gasteiger partial charge in [-0.25, -0.2) is 4.79 Å². The number of carbonyl (C=O) groups is 1. The normalized spacial score (nSPS) is 16.9. The Morgan fingerprint density at radius 1 is 1.20 bits per heavy atom. The fraction of sp³-hybridized carbons (Fsp3) is 0.417. The van der Waals surface area contributed by atoms with Crippen LogP contribution in [0.2, 0.25) is 0 Å². The van der Waals surface area contributed by atoms with Crippen LogP contribution in [0, 0.1) is 0 Å². The lowest BCUT2D eigenvalue weighted by molar-refractivity contribution is -0.146. The minimum absolute atomic E-state index is 0.489. The van der Waals surface area contributed by atoms with Gasteiger partial charge in [-0.05, 0) is 42.4 Å². The van der Waals surface area contributed by atoms with Gasteiger partial charge in [-0.15, -0.1) is 0 Å². The average molecular weight is 206 g/mol. The number of hydrogen-bond acceptors (Lipinski definition) is 2. The molecule has 0 aromatic heterocycles. The summed E-state index contributed by atoms with van der Waals surface area (Å²) in [4.78, 5) is 10.6. The molecule has 1 aromatic carbocycles. The molecule has 1 aromatic rings. The number of benzene rings is 1. The molecule has 0 spiro atoms. The van der Waals surface area contributed by atoms with Crippen molar-refractivity contribution in [3.05, 3.63) is 34.9 Å². The Labute approximate surface area is 88.4 Å². The van der Waals surface area contributed by atoms with Crippen molar-refractivity contribution in [1.29, 1.82) is 0 Å². The molecule has 0 unspecified atom stereocenters. The predicted octanol–water partition coefficient (Wildman–Crippen LogP) is 1.68. The van der Waals surface area contributed by atoms with Crippen LogP contribution in [0.15, 0.2) is 18.2 Å². The van der Waals surface area contributed by atoms with Gasteiger partial charge in [0, 0.05) is 0 Å². The van der Waals surface area contributed by atoms with Crippen molar-refractivity contribution < 1.29 is 15.0 Å². The van der Waals surface area contributed by atoms with Crippen LogP contribution in [0.3, 0.4) is 0 Å². The van der Waals surface area contributed by atoms with E-state index in [1.54, 1.807) is 6.07 Å². The molecular weight excluding hydrogens is 192 g/mol. The summed E-state index contributed by atoms with van der Waals surface area (Å²) in [6.45, 7) is 0. The van der Waals surface area contributed by atoms with Gasteiger partial charge in [0.25, 0.3) is 0 Å². The van der Waals surface area contributed by atoms with E-state index in [1.165, 1.54) is 17.5 Å². The van der Waals surface area contributed by atoms with E-state index >= 15 is 0 Å². The molecule has 1 atom stereocenters. The number of fused-ring (bicyclic) bond motifs is 1. The summed E-state index contributed by atoms with van der Waals surface area (Å²) in [6, 6.07) is 5.48. The minimum atomic E-state index is -1.39. The highest BCUT2D eigenvalue weighted by atomic mass is 16.4. The van der Waals surface area contributed by atoms with Gasteiger partial charge in [0.05, 0.1) is 0 Å². The first-order chi connectivity index (χ1) is 7.18. The second-order valence-electron chi connectivity index (χ2n) is 3.98. The molecular formula is C12H14O3. The largest absolute Gasteiger partial charge is 0.479 e. The summed E-state index contributed by atoms with van der Waals surface area (Å²) >= 11 is 0. The van der Waals surface area contributed by atoms with Gasteiger partial charge >= 0.3 is 5.97 Å². The first-order valence-electron chi connectivity index (χ1n) is 5.21. The van der Waals surface area contributed by atoms with Gasteiger partial charge in [-0.3, -0.25) is 0 Å².